The van der Waals surface area contributed by atoms with Crippen molar-refractivity contribution in [3.8, 4) is 0 Å². The lowest BCUT2D eigenvalue weighted by atomic mass is 9.74. The molecule has 86 valence electrons. The van der Waals surface area contributed by atoms with Crippen LogP contribution in [-0.2, 0) is 0 Å². The van der Waals surface area contributed by atoms with Crippen molar-refractivity contribution in [3.05, 3.63) is 0 Å². The molecule has 2 heteroatoms. The lowest BCUT2D eigenvalue weighted by molar-refractivity contribution is 0.0176. The molecule has 2 N–H and O–H groups in total. The second-order valence-corrected chi connectivity index (χ2v) is 5.13. The highest BCUT2D eigenvalue weighted by Crippen LogP contribution is 2.33. The lowest BCUT2D eigenvalue weighted by Gasteiger charge is -2.33. The van der Waals surface area contributed by atoms with Gasteiger partial charge in [-0.3, -0.25) is 0 Å². The lowest BCUT2D eigenvalue weighted by Crippen LogP contribution is -2.33. The Labute approximate surface area is 88.3 Å². The summed E-state index contributed by atoms with van der Waals surface area (Å²) in [7, 11) is 0. The molecule has 0 aliphatic rings. The number of rotatable bonds is 7. The second-order valence-electron chi connectivity index (χ2n) is 5.13. The van der Waals surface area contributed by atoms with E-state index in [1.54, 1.807) is 0 Å². The van der Waals surface area contributed by atoms with Gasteiger partial charge in [0.1, 0.15) is 0 Å². The van der Waals surface area contributed by atoms with Crippen LogP contribution in [0.5, 0.6) is 0 Å². The van der Waals surface area contributed by atoms with Gasteiger partial charge >= 0.3 is 0 Å². The highest BCUT2D eigenvalue weighted by Gasteiger charge is 2.30. The normalized spacial score (nSPS) is 14.8. The van der Waals surface area contributed by atoms with Crippen LogP contribution in [0.2, 0.25) is 0 Å². The Morgan fingerprint density at radius 3 is 1.79 bits per heavy atom. The molecule has 0 rings (SSSR count). The Hall–Kier alpha value is -0.0800. The minimum absolute atomic E-state index is 0.103. The molecule has 0 aliphatic carbocycles. The summed E-state index contributed by atoms with van der Waals surface area (Å²) in [5.41, 5.74) is -0.260. The fraction of sp³-hybridized carbons (Fsp3) is 1.00. The molecule has 0 radical (unpaired) electrons. The average Bonchev–Trinajstić information content (AvgIpc) is 2.15. The van der Waals surface area contributed by atoms with E-state index in [1.807, 2.05) is 0 Å². The molecule has 0 aliphatic heterocycles. The molecule has 0 aromatic heterocycles. The van der Waals surface area contributed by atoms with E-state index in [0.29, 0.717) is 11.8 Å². The summed E-state index contributed by atoms with van der Waals surface area (Å²) >= 11 is 0. The number of aliphatic hydroxyl groups is 2. The van der Waals surface area contributed by atoms with Gasteiger partial charge in [-0.2, -0.15) is 0 Å². The van der Waals surface area contributed by atoms with Crippen LogP contribution < -0.4 is 0 Å². The van der Waals surface area contributed by atoms with Gasteiger partial charge in [0.15, 0.2) is 0 Å². The molecule has 0 aromatic rings. The highest BCUT2D eigenvalue weighted by molar-refractivity contribution is 4.80. The molecule has 1 unspecified atom stereocenters. The van der Waals surface area contributed by atoms with E-state index in [0.717, 1.165) is 19.3 Å². The predicted molar refractivity (Wildman–Crippen MR) is 60.1 cm³/mol. The van der Waals surface area contributed by atoms with Crippen molar-refractivity contribution in [3.63, 3.8) is 0 Å². The summed E-state index contributed by atoms with van der Waals surface area (Å²) in [4.78, 5) is 0. The van der Waals surface area contributed by atoms with E-state index in [1.165, 1.54) is 0 Å². The summed E-state index contributed by atoms with van der Waals surface area (Å²) in [5.74, 6) is 1.10. The Kier molecular flexibility index (Phi) is 6.38. The monoisotopic (exact) mass is 202 g/mol. The molecule has 0 heterocycles. The van der Waals surface area contributed by atoms with Gasteiger partial charge in [0.25, 0.3) is 0 Å². The van der Waals surface area contributed by atoms with E-state index in [9.17, 15) is 10.2 Å². The summed E-state index contributed by atoms with van der Waals surface area (Å²) < 4.78 is 0. The van der Waals surface area contributed by atoms with Crippen LogP contribution in [0.15, 0.2) is 0 Å². The number of aliphatic hydroxyl groups excluding tert-OH is 2. The van der Waals surface area contributed by atoms with Crippen LogP contribution >= 0.6 is 0 Å². The fourth-order valence-electron chi connectivity index (χ4n) is 2.14. The minimum Gasteiger partial charge on any atom is -0.396 e. The Morgan fingerprint density at radius 2 is 1.50 bits per heavy atom. The van der Waals surface area contributed by atoms with Crippen LogP contribution in [0, 0.1) is 17.3 Å². The molecule has 0 aromatic carbocycles. The van der Waals surface area contributed by atoms with Crippen LogP contribution in [0.3, 0.4) is 0 Å². The van der Waals surface area contributed by atoms with Gasteiger partial charge in [0.05, 0.1) is 13.2 Å². The zero-order valence-corrected chi connectivity index (χ0v) is 10.1. The van der Waals surface area contributed by atoms with Gasteiger partial charge < -0.3 is 10.2 Å². The Bertz CT molecular complexity index is 139. The molecule has 0 fully saturated rings. The van der Waals surface area contributed by atoms with E-state index < -0.39 is 0 Å². The first kappa shape index (κ1) is 13.9. The first-order valence-corrected chi connectivity index (χ1v) is 5.71. The zero-order chi connectivity index (χ0) is 11.2. The highest BCUT2D eigenvalue weighted by atomic mass is 16.3. The summed E-state index contributed by atoms with van der Waals surface area (Å²) in [6.07, 6.45) is 2.94. The van der Waals surface area contributed by atoms with E-state index in [-0.39, 0.29) is 18.6 Å². The average molecular weight is 202 g/mol. The molecule has 0 amide bonds. The standard InChI is InChI=1S/C12H26O2/c1-5-11(4)7-12(8-13,9-14)6-10(2)3/h10-11,13-14H,5-9H2,1-4H3. The predicted octanol–water partition coefficient (Wildman–Crippen LogP) is 2.44. The van der Waals surface area contributed by atoms with Crippen molar-refractivity contribution in [2.24, 2.45) is 17.3 Å². The molecule has 0 saturated heterocycles. The van der Waals surface area contributed by atoms with Gasteiger partial charge in [0, 0.05) is 5.41 Å². The third-order valence-electron chi connectivity index (χ3n) is 2.99. The third-order valence-corrected chi connectivity index (χ3v) is 2.99. The van der Waals surface area contributed by atoms with Crippen LogP contribution in [0.25, 0.3) is 0 Å². The van der Waals surface area contributed by atoms with Crippen molar-refractivity contribution < 1.29 is 10.2 Å². The van der Waals surface area contributed by atoms with Gasteiger partial charge in [-0.15, -0.1) is 0 Å². The van der Waals surface area contributed by atoms with Gasteiger partial charge in [0.2, 0.25) is 0 Å². The molecule has 0 saturated carbocycles. The van der Waals surface area contributed by atoms with Crippen LogP contribution in [0.1, 0.15) is 47.0 Å². The van der Waals surface area contributed by atoms with Crippen molar-refractivity contribution in [2.45, 2.75) is 47.0 Å². The van der Waals surface area contributed by atoms with Crippen molar-refractivity contribution in [1.29, 1.82) is 0 Å². The molecular formula is C12H26O2. The molecule has 0 spiro atoms. The summed E-state index contributed by atoms with van der Waals surface area (Å²) in [6, 6.07) is 0. The van der Waals surface area contributed by atoms with E-state index in [4.69, 9.17) is 0 Å². The minimum atomic E-state index is -0.260. The number of hydrogen-bond acceptors (Lipinski definition) is 2. The fourth-order valence-corrected chi connectivity index (χ4v) is 2.14. The first-order chi connectivity index (χ1) is 6.49. The van der Waals surface area contributed by atoms with Gasteiger partial charge in [-0.05, 0) is 24.7 Å². The number of hydrogen-bond donors (Lipinski definition) is 2. The second kappa shape index (κ2) is 6.41. The maximum absolute atomic E-state index is 9.41. The van der Waals surface area contributed by atoms with Crippen molar-refractivity contribution in [1.82, 2.24) is 0 Å². The molecule has 2 nitrogen and oxygen atoms in total. The maximum atomic E-state index is 9.41. The SMILES string of the molecule is CCC(C)CC(CO)(CO)CC(C)C. The maximum Gasteiger partial charge on any atom is 0.0509 e. The Morgan fingerprint density at radius 1 is 1.00 bits per heavy atom. The van der Waals surface area contributed by atoms with Crippen LogP contribution in [0.4, 0.5) is 0 Å². The summed E-state index contributed by atoms with van der Waals surface area (Å²) in [6.45, 7) is 8.81. The molecular weight excluding hydrogens is 176 g/mol. The quantitative estimate of drug-likeness (QED) is 0.665. The van der Waals surface area contributed by atoms with Crippen LogP contribution in [-0.4, -0.2) is 23.4 Å². The summed E-state index contributed by atoms with van der Waals surface area (Å²) in [5, 5.41) is 18.8. The van der Waals surface area contributed by atoms with E-state index >= 15 is 0 Å². The zero-order valence-electron chi connectivity index (χ0n) is 10.1. The van der Waals surface area contributed by atoms with E-state index in [2.05, 4.69) is 27.7 Å². The van der Waals surface area contributed by atoms with Crippen molar-refractivity contribution >= 4 is 0 Å². The molecule has 0 bridgehead atoms. The molecule has 14 heavy (non-hydrogen) atoms. The molecule has 1 atom stereocenters. The Balaban J connectivity index is 4.36. The third kappa shape index (κ3) is 4.43. The first-order valence-electron chi connectivity index (χ1n) is 5.71. The van der Waals surface area contributed by atoms with Crippen molar-refractivity contribution in [2.75, 3.05) is 13.2 Å². The largest absolute Gasteiger partial charge is 0.396 e. The van der Waals surface area contributed by atoms with Gasteiger partial charge in [-0.1, -0.05) is 34.1 Å². The smallest absolute Gasteiger partial charge is 0.0509 e. The topological polar surface area (TPSA) is 40.5 Å². The van der Waals surface area contributed by atoms with Gasteiger partial charge in [-0.25, -0.2) is 0 Å².